The number of alkyl halides is 6. The Hall–Kier alpha value is -18.2. The number of fused-ring (bicyclic) bond motifs is 15. The number of phenolic OH excluding ortho intramolecular Hbond substituents is 1. The Balaban J connectivity index is 0.000000120. The van der Waals surface area contributed by atoms with Gasteiger partial charge in [0.1, 0.15) is 11.5 Å². The Morgan fingerprint density at radius 3 is 0.946 bits per heavy atom. The van der Waals surface area contributed by atoms with Crippen LogP contribution in [0.15, 0.2) is 497 Å². The van der Waals surface area contributed by atoms with Crippen molar-refractivity contribution < 1.29 is 67.1 Å². The second-order valence-electron chi connectivity index (χ2n) is 34.8. The molecule has 26 heteroatoms. The summed E-state index contributed by atoms with van der Waals surface area (Å²) >= 11 is 0. The Morgan fingerprint density at radius 1 is 0.264 bits per heavy atom. The molecular weight excluding hydrogens is 1910 g/mol. The van der Waals surface area contributed by atoms with Crippen LogP contribution in [0.5, 0.6) is 11.5 Å². The van der Waals surface area contributed by atoms with Crippen molar-refractivity contribution in [2.24, 2.45) is 0 Å². The standard InChI is InChI=1S/C46H33N3.C29H19F3N2O3S.C28H20N2O.C18H16BNO2.CHF3O3S/c1-4-16-37(17-5-1)48(38-18-6-2-7-19-38)40-22-12-14-33(29-40)35-28-34-26-27-42-32-44(34)45(30-35)43-24-10-11-25-46(43)47-36-15-13-23-41(31-36)49(42)39-20-8-3-9-21-39;30-29(31,32)38(35,36)37-24-15-19-13-14-23-17-26(19)27(18-24)25-11-4-5-12-28(25)33-20-7-6-10-22(16-20)34(23)21-8-2-1-3-9-21;31-24-15-19-13-14-23-17-26(19)27(18-24)25-11-4-5-12-28(25)29-20-7-6-10-22(16-20)30(23)21-8-2-1-3-9-21;21-19(22)15-8-7-13-18(14-15)20(16-9-3-1-4-10-16)17-11-5-2-6-12-17;2-1(3,4)8(5,6)7/h1-32,47H;1-18,33H;1-18,29,31H;1-14,21-22H;(H,5,6,7). The average molecular weight is 2000 g/mol. The summed E-state index contributed by atoms with van der Waals surface area (Å²) in [5.74, 6) is -0.164. The number of phenols is 1. The van der Waals surface area contributed by atoms with Crippen LogP contribution >= 0.6 is 0 Å². The molecule has 0 atom stereocenters. The van der Waals surface area contributed by atoms with Gasteiger partial charge in [-0.15, -0.1) is 0 Å². The maximum atomic E-state index is 13.1. The van der Waals surface area contributed by atoms with Crippen molar-refractivity contribution in [1.29, 1.82) is 0 Å². The normalized spacial score (nSPS) is 11.5. The number of aromatic hydroxyl groups is 1. The van der Waals surface area contributed by atoms with Crippen molar-refractivity contribution in [3.8, 4) is 39.7 Å². The smallest absolute Gasteiger partial charge is 0.508 e. The lowest BCUT2D eigenvalue weighted by Crippen LogP contribution is -2.30. The minimum Gasteiger partial charge on any atom is -0.508 e. The summed E-state index contributed by atoms with van der Waals surface area (Å²) in [6.07, 6.45) is 0. The fourth-order valence-corrected chi connectivity index (χ4v) is 19.0. The first-order valence-electron chi connectivity index (χ1n) is 47.0. The lowest BCUT2D eigenvalue weighted by Gasteiger charge is -2.26. The summed E-state index contributed by atoms with van der Waals surface area (Å²) in [5, 5.41) is 40.6. The molecule has 12 bridgehead atoms. The Labute approximate surface area is 845 Å². The predicted octanol–water partition coefficient (Wildman–Crippen LogP) is 30.9. The Morgan fingerprint density at radius 2 is 0.574 bits per heavy atom. The highest BCUT2D eigenvalue weighted by Crippen LogP contribution is 2.43. The van der Waals surface area contributed by atoms with Crippen LogP contribution in [0.2, 0.25) is 0 Å². The van der Waals surface area contributed by atoms with Gasteiger partial charge in [-0.2, -0.15) is 43.2 Å². The molecular formula is C122H89BF6N8O9S2. The van der Waals surface area contributed by atoms with E-state index in [1.54, 1.807) is 18.2 Å². The molecule has 0 amide bonds. The van der Waals surface area contributed by atoms with Gasteiger partial charge in [-0.3, -0.25) is 4.55 Å². The van der Waals surface area contributed by atoms with Crippen LogP contribution < -0.4 is 19.4 Å². The fraction of sp³-hybridized carbons (Fsp3) is 0.0164. The first-order valence-corrected chi connectivity index (χ1v) is 49.9. The number of para-hydroxylation sites is 10. The molecule has 0 aliphatic carbocycles. The molecule has 0 saturated heterocycles. The summed E-state index contributed by atoms with van der Waals surface area (Å²) in [7, 11) is -13.2. The second-order valence-corrected chi connectivity index (χ2v) is 37.8. The molecule has 0 fully saturated rings. The summed E-state index contributed by atoms with van der Waals surface area (Å²) < 4.78 is 132. The zero-order chi connectivity index (χ0) is 102. The minimum absolute atomic E-state index is 0.264. The molecule has 728 valence electrons. The highest BCUT2D eigenvalue weighted by molar-refractivity contribution is 7.88. The third kappa shape index (κ3) is 21.3. The van der Waals surface area contributed by atoms with Crippen LogP contribution in [0.1, 0.15) is 0 Å². The third-order valence-electron chi connectivity index (χ3n) is 25.1. The van der Waals surface area contributed by atoms with Gasteiger partial charge in [0, 0.05) is 134 Å². The van der Waals surface area contributed by atoms with Gasteiger partial charge in [0.25, 0.3) is 0 Å². The molecule has 7 N–H and O–H groups in total. The largest absolute Gasteiger partial charge is 0.534 e. The van der Waals surface area contributed by atoms with Crippen LogP contribution in [0.4, 0.5) is 60.5 Å². The highest BCUT2D eigenvalue weighted by Gasteiger charge is 2.49. The van der Waals surface area contributed by atoms with Crippen LogP contribution in [-0.4, -0.2) is 83.3 Å². The van der Waals surface area contributed by atoms with E-state index in [2.05, 4.69) is 316 Å². The second kappa shape index (κ2) is 42.0. The molecule has 3 aromatic heterocycles. The van der Waals surface area contributed by atoms with Crippen molar-refractivity contribution in [3.63, 3.8) is 0 Å². The summed E-state index contributed by atoms with van der Waals surface area (Å²) in [6.45, 7) is 0. The number of nitrogens with one attached hydrogen (secondary N) is 3. The first kappa shape index (κ1) is 97.3. The van der Waals surface area contributed by atoms with Gasteiger partial charge < -0.3 is 57.8 Å². The van der Waals surface area contributed by atoms with Crippen molar-refractivity contribution >= 4 is 198 Å². The van der Waals surface area contributed by atoms with E-state index in [0.717, 1.165) is 144 Å². The molecule has 0 aliphatic rings. The lowest BCUT2D eigenvalue weighted by molar-refractivity contribution is -0.0512. The zero-order valence-corrected chi connectivity index (χ0v) is 80.2. The van der Waals surface area contributed by atoms with Crippen LogP contribution in [0.3, 0.4) is 0 Å². The molecule has 0 saturated carbocycles. The summed E-state index contributed by atoms with van der Waals surface area (Å²) in [6, 6.07) is 167. The number of H-pyrrole nitrogens is 3. The van der Waals surface area contributed by atoms with E-state index in [1.165, 1.54) is 33.9 Å². The molecule has 3 heterocycles. The van der Waals surface area contributed by atoms with Gasteiger partial charge in [0.2, 0.25) is 0 Å². The van der Waals surface area contributed by atoms with Gasteiger partial charge in [-0.25, -0.2) is 0 Å². The number of rotatable bonds is 13. The van der Waals surface area contributed by atoms with Crippen molar-refractivity contribution in [1.82, 2.24) is 28.7 Å². The van der Waals surface area contributed by atoms with Crippen molar-refractivity contribution in [2.45, 2.75) is 11.0 Å². The molecule has 148 heavy (non-hydrogen) atoms. The van der Waals surface area contributed by atoms with Gasteiger partial charge in [0.05, 0.1) is 0 Å². The Bertz CT molecular complexity index is 9420. The van der Waals surface area contributed by atoms with Crippen molar-refractivity contribution in [3.05, 3.63) is 497 Å². The predicted molar refractivity (Wildman–Crippen MR) is 589 cm³/mol. The molecule has 0 unspecified atom stereocenters. The first-order chi connectivity index (χ1) is 71.7. The summed E-state index contributed by atoms with van der Waals surface area (Å²) in [4.78, 5) is 15.2. The minimum atomic E-state index is -5.85. The molecule has 0 aliphatic heterocycles. The van der Waals surface area contributed by atoms with Gasteiger partial charge >= 0.3 is 38.4 Å². The fourth-order valence-electron chi connectivity index (χ4n) is 18.5. The number of hydrogen-bond donors (Lipinski definition) is 7. The maximum absolute atomic E-state index is 13.1. The van der Waals surface area contributed by atoms with E-state index in [0.29, 0.717) is 32.5 Å². The van der Waals surface area contributed by atoms with E-state index >= 15 is 0 Å². The zero-order valence-electron chi connectivity index (χ0n) is 78.6. The monoisotopic (exact) mass is 2000 g/mol. The molecule has 17 nitrogen and oxygen atoms in total. The SMILES string of the molecule is O=S(=O)(O)C(F)(F)F.O=S(=O)(Oc1cc2ccc3cc2c(c1)c1ccccc1[nH]c1cccc(c1)n3-c1ccccc1)C(F)(F)F.OB(O)c1cccc(N(c2ccccc2)c2ccccc2)c1.Oc1cc2ccc3cc2c(c1)c1ccccc1[nH]c1cccc(c1)n3-c1ccccc1.c1ccc(N(c2ccccc2)c2cccc(-c3cc4ccc5cc4c(c3)c3ccccc3[nH]c3cccc(c3)n5-c3ccccc3)c2)cc1. The number of benzene rings is 21. The number of nitrogens with zero attached hydrogens (tertiary/aromatic N) is 5. The van der Waals surface area contributed by atoms with Gasteiger partial charge in [0.15, 0.2) is 0 Å². The molecule has 24 rings (SSSR count). The van der Waals surface area contributed by atoms with E-state index < -0.39 is 44.1 Å². The van der Waals surface area contributed by atoms with Crippen LogP contribution in [0, 0.1) is 0 Å². The van der Waals surface area contributed by atoms with Gasteiger partial charge in [-0.1, -0.05) is 243 Å². The topological polar surface area (TPSA) is 227 Å². The summed E-state index contributed by atoms with van der Waals surface area (Å²) in [5.41, 5.74) is 12.8. The average Bonchev–Trinajstić information content (AvgIpc) is 1.48. The van der Waals surface area contributed by atoms with Crippen molar-refractivity contribution in [2.75, 3.05) is 9.80 Å². The lowest BCUT2D eigenvalue weighted by atomic mass is 9.80. The highest BCUT2D eigenvalue weighted by atomic mass is 32.2. The number of aromatic amines is 3. The molecule has 21 aromatic carbocycles. The number of hydrogen-bond acceptors (Lipinski definition) is 10. The van der Waals surface area contributed by atoms with Crippen LogP contribution in [0.25, 0.3) is 159 Å². The van der Waals surface area contributed by atoms with E-state index in [-0.39, 0.29) is 5.75 Å². The maximum Gasteiger partial charge on any atom is 0.534 e. The molecule has 24 aromatic rings. The van der Waals surface area contributed by atoms with E-state index in [1.807, 2.05) is 194 Å². The third-order valence-corrected chi connectivity index (χ3v) is 26.7. The molecule has 0 spiro atoms. The van der Waals surface area contributed by atoms with E-state index in [9.17, 15) is 49.9 Å². The van der Waals surface area contributed by atoms with Gasteiger partial charge in [-0.05, 0) is 320 Å². The number of aromatic nitrogens is 6. The Kier molecular flexibility index (Phi) is 27.6. The van der Waals surface area contributed by atoms with E-state index in [4.69, 9.17) is 13.0 Å². The quantitative estimate of drug-likeness (QED) is 0.0189. The molecule has 0 radical (unpaired) electrons. The number of anilines is 6. The number of halogens is 6. The van der Waals surface area contributed by atoms with Crippen LogP contribution in [-0.2, 0) is 20.2 Å².